The van der Waals surface area contributed by atoms with Crippen LogP contribution in [0.3, 0.4) is 0 Å². The van der Waals surface area contributed by atoms with Crippen molar-refractivity contribution in [3.8, 4) is 0 Å². The third kappa shape index (κ3) is 7.82. The number of hydrogen-bond acceptors (Lipinski definition) is 4. The molecule has 1 aliphatic rings. The second-order valence-electron chi connectivity index (χ2n) is 7.92. The predicted molar refractivity (Wildman–Crippen MR) is 112 cm³/mol. The zero-order chi connectivity index (χ0) is 21.1. The van der Waals surface area contributed by atoms with E-state index in [2.05, 4.69) is 0 Å². The van der Waals surface area contributed by atoms with E-state index in [9.17, 15) is 9.59 Å². The molecule has 0 N–H and O–H groups in total. The molecule has 0 saturated heterocycles. The molecule has 7 heteroatoms. The Labute approximate surface area is 174 Å². The van der Waals surface area contributed by atoms with Crippen molar-refractivity contribution in [2.75, 3.05) is 47.1 Å². The third-order valence-corrected chi connectivity index (χ3v) is 5.81. The summed E-state index contributed by atoms with van der Waals surface area (Å²) >= 11 is 0. The monoisotopic (exact) mass is 407 g/mol. The van der Waals surface area contributed by atoms with Crippen LogP contribution in [0.4, 0.5) is 0 Å². The quantitative estimate of drug-likeness (QED) is 0.504. The normalized spacial score (nSPS) is 14.3. The zero-order valence-corrected chi connectivity index (χ0v) is 18.3. The first-order valence-corrected chi connectivity index (χ1v) is 10.7. The van der Waals surface area contributed by atoms with Gasteiger partial charge in [-0.15, -0.1) is 0 Å². The molecule has 1 aromatic rings. The van der Waals surface area contributed by atoms with Crippen LogP contribution in [0.5, 0.6) is 0 Å². The SMILES string of the molecule is COCCN(CC(=O)N(CCOC)Cc1cccn1C)C(=O)CCC1CCCC1. The van der Waals surface area contributed by atoms with Crippen LogP contribution in [0.2, 0.25) is 0 Å². The summed E-state index contributed by atoms with van der Waals surface area (Å²) < 4.78 is 12.4. The first-order chi connectivity index (χ1) is 14.0. The van der Waals surface area contributed by atoms with Gasteiger partial charge in [-0.05, 0) is 24.5 Å². The fourth-order valence-electron chi connectivity index (χ4n) is 3.89. The minimum absolute atomic E-state index is 0.0489. The van der Waals surface area contributed by atoms with Crippen LogP contribution >= 0.6 is 0 Å². The van der Waals surface area contributed by atoms with E-state index in [1.54, 1.807) is 24.0 Å². The average molecular weight is 408 g/mol. The Morgan fingerprint density at radius 1 is 1.07 bits per heavy atom. The first kappa shape index (κ1) is 23.4. The van der Waals surface area contributed by atoms with Crippen LogP contribution in [-0.2, 0) is 32.7 Å². The number of carbonyl (C=O) groups is 2. The minimum Gasteiger partial charge on any atom is -0.383 e. The van der Waals surface area contributed by atoms with Gasteiger partial charge in [0, 0.05) is 52.7 Å². The first-order valence-electron chi connectivity index (χ1n) is 10.7. The van der Waals surface area contributed by atoms with Gasteiger partial charge in [0.05, 0.1) is 26.3 Å². The fourth-order valence-corrected chi connectivity index (χ4v) is 3.89. The van der Waals surface area contributed by atoms with Gasteiger partial charge in [-0.2, -0.15) is 0 Å². The number of rotatable bonds is 13. The maximum Gasteiger partial charge on any atom is 0.242 e. The van der Waals surface area contributed by atoms with Crippen LogP contribution in [0, 0.1) is 5.92 Å². The number of amides is 2. The average Bonchev–Trinajstić information content (AvgIpc) is 3.38. The van der Waals surface area contributed by atoms with Crippen molar-refractivity contribution in [3.63, 3.8) is 0 Å². The molecule has 0 aliphatic heterocycles. The van der Waals surface area contributed by atoms with Crippen molar-refractivity contribution in [2.45, 2.75) is 45.1 Å². The van der Waals surface area contributed by atoms with Crippen LogP contribution in [-0.4, -0.2) is 73.2 Å². The highest BCUT2D eigenvalue weighted by Gasteiger charge is 2.23. The molecule has 0 radical (unpaired) electrons. The second-order valence-corrected chi connectivity index (χ2v) is 7.92. The summed E-state index contributed by atoms with van der Waals surface area (Å²) in [5.41, 5.74) is 1.05. The smallest absolute Gasteiger partial charge is 0.242 e. The van der Waals surface area contributed by atoms with Crippen molar-refractivity contribution in [1.82, 2.24) is 14.4 Å². The molecule has 1 heterocycles. The molecule has 1 fully saturated rings. The fraction of sp³-hybridized carbons (Fsp3) is 0.727. The Bertz CT molecular complexity index is 625. The van der Waals surface area contributed by atoms with Crippen molar-refractivity contribution in [2.24, 2.45) is 13.0 Å². The van der Waals surface area contributed by atoms with Gasteiger partial charge in [-0.1, -0.05) is 25.7 Å². The summed E-state index contributed by atoms with van der Waals surface area (Å²) in [5.74, 6) is 0.649. The molecule has 0 bridgehead atoms. The van der Waals surface area contributed by atoms with Gasteiger partial charge in [0.2, 0.25) is 11.8 Å². The summed E-state index contributed by atoms with van der Waals surface area (Å²) in [6, 6.07) is 3.97. The topological polar surface area (TPSA) is 64.0 Å². The van der Waals surface area contributed by atoms with Gasteiger partial charge in [-0.25, -0.2) is 0 Å². The van der Waals surface area contributed by atoms with E-state index >= 15 is 0 Å². The summed E-state index contributed by atoms with van der Waals surface area (Å²) in [5, 5.41) is 0. The highest BCUT2D eigenvalue weighted by molar-refractivity contribution is 5.84. The number of hydrogen-bond donors (Lipinski definition) is 0. The van der Waals surface area contributed by atoms with E-state index in [0.717, 1.165) is 12.1 Å². The van der Waals surface area contributed by atoms with E-state index in [1.165, 1.54) is 25.7 Å². The van der Waals surface area contributed by atoms with Crippen LogP contribution in [0.15, 0.2) is 18.3 Å². The van der Waals surface area contributed by atoms with Gasteiger partial charge < -0.3 is 23.8 Å². The molecule has 29 heavy (non-hydrogen) atoms. The molecule has 1 aromatic heterocycles. The van der Waals surface area contributed by atoms with Gasteiger partial charge in [-0.3, -0.25) is 9.59 Å². The Morgan fingerprint density at radius 2 is 1.72 bits per heavy atom. The van der Waals surface area contributed by atoms with Crippen molar-refractivity contribution < 1.29 is 19.1 Å². The molecule has 0 aromatic carbocycles. The minimum atomic E-state index is -0.0615. The van der Waals surface area contributed by atoms with E-state index in [0.29, 0.717) is 45.2 Å². The lowest BCUT2D eigenvalue weighted by molar-refractivity contribution is -0.142. The van der Waals surface area contributed by atoms with Crippen molar-refractivity contribution in [3.05, 3.63) is 24.0 Å². The molecule has 2 rings (SSSR count). The molecule has 1 aliphatic carbocycles. The number of ether oxygens (including phenoxy) is 2. The Kier molecular flexibility index (Phi) is 10.2. The van der Waals surface area contributed by atoms with E-state index < -0.39 is 0 Å². The number of methoxy groups -OCH3 is 2. The Morgan fingerprint density at radius 3 is 2.31 bits per heavy atom. The Hall–Kier alpha value is -1.86. The van der Waals surface area contributed by atoms with E-state index in [-0.39, 0.29) is 18.4 Å². The van der Waals surface area contributed by atoms with Crippen LogP contribution < -0.4 is 0 Å². The second kappa shape index (κ2) is 12.6. The van der Waals surface area contributed by atoms with Crippen molar-refractivity contribution in [1.29, 1.82) is 0 Å². The maximum atomic E-state index is 13.1. The number of aryl methyl sites for hydroxylation is 1. The van der Waals surface area contributed by atoms with Crippen LogP contribution in [0.25, 0.3) is 0 Å². The largest absolute Gasteiger partial charge is 0.383 e. The van der Waals surface area contributed by atoms with E-state index in [1.807, 2.05) is 29.9 Å². The molecule has 0 unspecified atom stereocenters. The highest BCUT2D eigenvalue weighted by atomic mass is 16.5. The zero-order valence-electron chi connectivity index (χ0n) is 18.3. The van der Waals surface area contributed by atoms with Crippen molar-refractivity contribution >= 4 is 11.8 Å². The summed E-state index contributed by atoms with van der Waals surface area (Å²) in [6.45, 7) is 2.41. The third-order valence-electron chi connectivity index (χ3n) is 5.81. The van der Waals surface area contributed by atoms with Gasteiger partial charge in [0.15, 0.2) is 0 Å². The lowest BCUT2D eigenvalue weighted by atomic mass is 10.0. The lowest BCUT2D eigenvalue weighted by Crippen LogP contribution is -2.45. The van der Waals surface area contributed by atoms with Gasteiger partial charge in [0.25, 0.3) is 0 Å². The summed E-state index contributed by atoms with van der Waals surface area (Å²) in [6.07, 6.45) is 8.41. The maximum absolute atomic E-state index is 13.1. The molecule has 0 spiro atoms. The summed E-state index contributed by atoms with van der Waals surface area (Å²) in [7, 11) is 5.21. The molecule has 0 atom stereocenters. The molecule has 2 amide bonds. The summed E-state index contributed by atoms with van der Waals surface area (Å²) in [4.78, 5) is 29.3. The molecular weight excluding hydrogens is 370 g/mol. The molecule has 1 saturated carbocycles. The molecule has 164 valence electrons. The predicted octanol–water partition coefficient (Wildman–Crippen LogP) is 2.45. The standard InChI is InChI=1S/C22H37N3O4/c1-23-12-6-9-20(23)17-24(13-15-28-2)22(27)18-25(14-16-29-3)21(26)11-10-19-7-4-5-8-19/h6,9,12,19H,4-5,7-8,10-11,13-18H2,1-3H3. The highest BCUT2D eigenvalue weighted by Crippen LogP contribution is 2.28. The van der Waals surface area contributed by atoms with Gasteiger partial charge >= 0.3 is 0 Å². The van der Waals surface area contributed by atoms with Gasteiger partial charge in [0.1, 0.15) is 0 Å². The Balaban J connectivity index is 1.97. The van der Waals surface area contributed by atoms with Crippen LogP contribution in [0.1, 0.15) is 44.2 Å². The molecular formula is C22H37N3O4. The van der Waals surface area contributed by atoms with E-state index in [4.69, 9.17) is 9.47 Å². The lowest BCUT2D eigenvalue weighted by Gasteiger charge is -2.28. The number of carbonyl (C=O) groups excluding carboxylic acids is 2. The number of nitrogens with zero attached hydrogens (tertiary/aromatic N) is 3. The number of aromatic nitrogens is 1. The molecule has 7 nitrogen and oxygen atoms in total.